The van der Waals surface area contributed by atoms with Gasteiger partial charge in [0.25, 0.3) is 0 Å². The Balaban J connectivity index is 2.31. The van der Waals surface area contributed by atoms with E-state index < -0.39 is 11.9 Å². The van der Waals surface area contributed by atoms with Crippen molar-refractivity contribution in [1.82, 2.24) is 0 Å². The molecule has 0 bridgehead atoms. The standard InChI is InChI=1S/C14H18O6/c1-3-8-19-13(15)9-18-10-14(16)20-12-7-5-4-6-11(12)17-2/h4-7H,3,8-10H2,1-2H3. The van der Waals surface area contributed by atoms with Crippen molar-refractivity contribution in [2.24, 2.45) is 0 Å². The maximum Gasteiger partial charge on any atom is 0.337 e. The molecule has 1 rings (SSSR count). The van der Waals surface area contributed by atoms with Crippen LogP contribution in [-0.2, 0) is 19.1 Å². The zero-order valence-electron chi connectivity index (χ0n) is 11.6. The van der Waals surface area contributed by atoms with Gasteiger partial charge in [0, 0.05) is 0 Å². The summed E-state index contributed by atoms with van der Waals surface area (Å²) in [5.41, 5.74) is 0. The second kappa shape index (κ2) is 8.92. The van der Waals surface area contributed by atoms with Crippen molar-refractivity contribution in [3.05, 3.63) is 24.3 Å². The third-order valence-corrected chi connectivity index (χ3v) is 2.20. The first kappa shape index (κ1) is 16.0. The van der Waals surface area contributed by atoms with Crippen molar-refractivity contribution in [2.45, 2.75) is 13.3 Å². The van der Waals surface area contributed by atoms with Gasteiger partial charge in [0.1, 0.15) is 13.2 Å². The molecule has 0 aliphatic heterocycles. The number of carbonyl (C=O) groups is 2. The number of rotatable bonds is 8. The van der Waals surface area contributed by atoms with Gasteiger partial charge < -0.3 is 18.9 Å². The quantitative estimate of drug-likeness (QED) is 0.532. The Bertz CT molecular complexity index is 443. The molecule has 0 aliphatic carbocycles. The smallest absolute Gasteiger partial charge is 0.337 e. The first-order valence-electron chi connectivity index (χ1n) is 6.24. The molecule has 20 heavy (non-hydrogen) atoms. The average molecular weight is 282 g/mol. The molecule has 1 aromatic carbocycles. The van der Waals surface area contributed by atoms with E-state index in [0.717, 1.165) is 6.42 Å². The predicted molar refractivity (Wildman–Crippen MR) is 70.7 cm³/mol. The predicted octanol–water partition coefficient (Wildman–Crippen LogP) is 1.57. The average Bonchev–Trinajstić information content (AvgIpc) is 2.45. The van der Waals surface area contributed by atoms with Crippen molar-refractivity contribution in [2.75, 3.05) is 26.9 Å². The van der Waals surface area contributed by atoms with Gasteiger partial charge in [-0.05, 0) is 18.6 Å². The minimum Gasteiger partial charge on any atom is -0.493 e. The molecule has 0 unspecified atom stereocenters. The van der Waals surface area contributed by atoms with E-state index in [1.54, 1.807) is 24.3 Å². The molecule has 6 heteroatoms. The van der Waals surface area contributed by atoms with Crippen molar-refractivity contribution in [3.8, 4) is 11.5 Å². The van der Waals surface area contributed by atoms with E-state index in [1.165, 1.54) is 7.11 Å². The highest BCUT2D eigenvalue weighted by Gasteiger charge is 2.11. The molecular weight excluding hydrogens is 264 g/mol. The minimum atomic E-state index is -0.613. The molecule has 110 valence electrons. The summed E-state index contributed by atoms with van der Waals surface area (Å²) >= 11 is 0. The topological polar surface area (TPSA) is 71.1 Å². The van der Waals surface area contributed by atoms with Crippen molar-refractivity contribution in [1.29, 1.82) is 0 Å². The lowest BCUT2D eigenvalue weighted by atomic mass is 10.3. The summed E-state index contributed by atoms with van der Waals surface area (Å²) in [6, 6.07) is 6.75. The SMILES string of the molecule is CCCOC(=O)COCC(=O)Oc1ccccc1OC. The van der Waals surface area contributed by atoms with Crippen molar-refractivity contribution < 1.29 is 28.5 Å². The second-order valence-corrected chi connectivity index (χ2v) is 3.84. The van der Waals surface area contributed by atoms with Gasteiger partial charge in [-0.2, -0.15) is 0 Å². The second-order valence-electron chi connectivity index (χ2n) is 3.84. The third kappa shape index (κ3) is 5.71. The Morgan fingerprint density at radius 2 is 1.70 bits per heavy atom. The zero-order chi connectivity index (χ0) is 14.8. The summed E-state index contributed by atoms with van der Waals surface area (Å²) in [6.07, 6.45) is 0.738. The van der Waals surface area contributed by atoms with Crippen LogP contribution in [0.3, 0.4) is 0 Å². The van der Waals surface area contributed by atoms with E-state index in [4.69, 9.17) is 18.9 Å². The molecule has 0 spiro atoms. The Morgan fingerprint density at radius 3 is 2.35 bits per heavy atom. The normalized spacial score (nSPS) is 9.90. The Hall–Kier alpha value is -2.08. The number of hydrogen-bond donors (Lipinski definition) is 0. The van der Waals surface area contributed by atoms with Crippen LogP contribution in [0.1, 0.15) is 13.3 Å². The molecule has 0 aromatic heterocycles. The van der Waals surface area contributed by atoms with Gasteiger partial charge in [-0.15, -0.1) is 0 Å². The number of ether oxygens (including phenoxy) is 4. The van der Waals surface area contributed by atoms with E-state index in [0.29, 0.717) is 18.1 Å². The van der Waals surface area contributed by atoms with Crippen molar-refractivity contribution >= 4 is 11.9 Å². The molecule has 1 aromatic rings. The lowest BCUT2D eigenvalue weighted by molar-refractivity contribution is -0.152. The number of carbonyl (C=O) groups excluding carboxylic acids is 2. The number of esters is 2. The fourth-order valence-electron chi connectivity index (χ4n) is 1.33. The molecule has 0 heterocycles. The van der Waals surface area contributed by atoms with Gasteiger partial charge in [0.2, 0.25) is 0 Å². The van der Waals surface area contributed by atoms with Gasteiger partial charge in [-0.1, -0.05) is 19.1 Å². The molecule has 0 radical (unpaired) electrons. The lowest BCUT2D eigenvalue weighted by Gasteiger charge is -2.08. The molecule has 0 fully saturated rings. The number of benzene rings is 1. The first-order valence-corrected chi connectivity index (χ1v) is 6.24. The van der Waals surface area contributed by atoms with E-state index in [2.05, 4.69) is 0 Å². The van der Waals surface area contributed by atoms with Crippen molar-refractivity contribution in [3.63, 3.8) is 0 Å². The Labute approximate surface area is 117 Å². The maximum absolute atomic E-state index is 11.5. The van der Waals surface area contributed by atoms with Gasteiger partial charge >= 0.3 is 11.9 Å². The molecule has 0 aliphatic rings. The highest BCUT2D eigenvalue weighted by atomic mass is 16.6. The van der Waals surface area contributed by atoms with E-state index >= 15 is 0 Å². The summed E-state index contributed by atoms with van der Waals surface area (Å²) < 4.78 is 19.8. The van der Waals surface area contributed by atoms with Crippen LogP contribution >= 0.6 is 0 Å². The number of methoxy groups -OCH3 is 1. The summed E-state index contributed by atoms with van der Waals surface area (Å²) in [5, 5.41) is 0. The van der Waals surface area contributed by atoms with Gasteiger partial charge in [0.05, 0.1) is 13.7 Å². The monoisotopic (exact) mass is 282 g/mol. The Morgan fingerprint density at radius 1 is 1.05 bits per heavy atom. The molecule has 0 saturated heterocycles. The van der Waals surface area contributed by atoms with Crippen LogP contribution < -0.4 is 9.47 Å². The van der Waals surface area contributed by atoms with Crippen LogP contribution in [0.2, 0.25) is 0 Å². The van der Waals surface area contributed by atoms with Crippen LogP contribution in [0.15, 0.2) is 24.3 Å². The van der Waals surface area contributed by atoms with Crippen LogP contribution in [0, 0.1) is 0 Å². The minimum absolute atomic E-state index is 0.277. The van der Waals surface area contributed by atoms with E-state index in [-0.39, 0.29) is 13.2 Å². The fraction of sp³-hybridized carbons (Fsp3) is 0.429. The van der Waals surface area contributed by atoms with Gasteiger partial charge in [-0.25, -0.2) is 9.59 Å². The zero-order valence-corrected chi connectivity index (χ0v) is 11.6. The molecule has 6 nitrogen and oxygen atoms in total. The largest absolute Gasteiger partial charge is 0.493 e. The molecule has 0 N–H and O–H groups in total. The van der Waals surface area contributed by atoms with Crippen LogP contribution in [0.25, 0.3) is 0 Å². The summed E-state index contributed by atoms with van der Waals surface area (Å²) in [5.74, 6) is -0.366. The van der Waals surface area contributed by atoms with Crippen LogP contribution in [-0.4, -0.2) is 38.9 Å². The molecule has 0 saturated carbocycles. The fourth-order valence-corrected chi connectivity index (χ4v) is 1.33. The summed E-state index contributed by atoms with van der Waals surface area (Å²) in [6.45, 7) is 1.62. The molecular formula is C14H18O6. The maximum atomic E-state index is 11.5. The van der Waals surface area contributed by atoms with E-state index in [9.17, 15) is 9.59 Å². The lowest BCUT2D eigenvalue weighted by Crippen LogP contribution is -2.20. The van der Waals surface area contributed by atoms with Gasteiger partial charge in [0.15, 0.2) is 11.5 Å². The van der Waals surface area contributed by atoms with Crippen LogP contribution in [0.4, 0.5) is 0 Å². The van der Waals surface area contributed by atoms with Crippen LogP contribution in [0.5, 0.6) is 11.5 Å². The van der Waals surface area contributed by atoms with Gasteiger partial charge in [-0.3, -0.25) is 0 Å². The molecule has 0 atom stereocenters. The number of hydrogen-bond acceptors (Lipinski definition) is 6. The highest BCUT2D eigenvalue weighted by Crippen LogP contribution is 2.25. The summed E-state index contributed by atoms with van der Waals surface area (Å²) in [4.78, 5) is 22.6. The number of para-hydroxylation sites is 2. The first-order chi connectivity index (χ1) is 9.67. The van der Waals surface area contributed by atoms with E-state index in [1.807, 2.05) is 6.92 Å². The highest BCUT2D eigenvalue weighted by molar-refractivity contribution is 5.75. The molecule has 0 amide bonds. The third-order valence-electron chi connectivity index (χ3n) is 2.20. The Kier molecular flexibility index (Phi) is 7.13. The summed E-state index contributed by atoms with van der Waals surface area (Å²) in [7, 11) is 1.48.